The normalized spacial score (nSPS) is 17.9. The molecule has 1 aromatic rings. The van der Waals surface area contributed by atoms with Crippen LogP contribution in [0.4, 0.5) is 0 Å². The van der Waals surface area contributed by atoms with Crippen molar-refractivity contribution in [2.24, 2.45) is 0 Å². The lowest BCUT2D eigenvalue weighted by Crippen LogP contribution is -2.05. The third kappa shape index (κ3) is 2.00. The summed E-state index contributed by atoms with van der Waals surface area (Å²) in [7, 11) is 0. The molecule has 5 heteroatoms. The second kappa shape index (κ2) is 4.23. The molecule has 0 aliphatic heterocycles. The molecule has 1 aliphatic rings. The van der Waals surface area contributed by atoms with Gasteiger partial charge in [0.25, 0.3) is 5.76 Å². The summed E-state index contributed by atoms with van der Waals surface area (Å²) in [6.45, 7) is 0. The number of halogens is 1. The lowest BCUT2D eigenvalue weighted by Gasteiger charge is -2.19. The first-order valence-corrected chi connectivity index (χ1v) is 5.46. The van der Waals surface area contributed by atoms with Gasteiger partial charge in [-0.1, -0.05) is 36.0 Å². The molecule has 1 saturated carbocycles. The van der Waals surface area contributed by atoms with Gasteiger partial charge in [-0.2, -0.15) is 0 Å². The number of carboxylic acids is 1. The van der Waals surface area contributed by atoms with Gasteiger partial charge in [-0.3, -0.25) is 0 Å². The summed E-state index contributed by atoms with van der Waals surface area (Å²) in [4.78, 5) is 10.7. The van der Waals surface area contributed by atoms with Crippen LogP contribution >= 0.6 is 11.6 Å². The standard InChI is InChI=1S/C10H12ClNO3/c11-7-8(6-4-2-1-3-5-6)12-15-9(7)10(13)14/h6H,1-5H2,(H,13,14). The molecule has 4 nitrogen and oxygen atoms in total. The molecule has 1 aliphatic carbocycles. The van der Waals surface area contributed by atoms with Crippen LogP contribution in [0.5, 0.6) is 0 Å². The average Bonchev–Trinajstić information content (AvgIpc) is 2.61. The molecule has 0 atom stereocenters. The van der Waals surface area contributed by atoms with Crippen LogP contribution in [-0.4, -0.2) is 16.2 Å². The molecule has 0 radical (unpaired) electrons. The molecule has 1 N–H and O–H groups in total. The quantitative estimate of drug-likeness (QED) is 0.847. The largest absolute Gasteiger partial charge is 0.475 e. The van der Waals surface area contributed by atoms with E-state index < -0.39 is 5.97 Å². The van der Waals surface area contributed by atoms with Gasteiger partial charge < -0.3 is 9.63 Å². The molecule has 0 aromatic carbocycles. The van der Waals surface area contributed by atoms with Gasteiger partial charge in [0.1, 0.15) is 10.7 Å². The van der Waals surface area contributed by atoms with Crippen molar-refractivity contribution in [2.75, 3.05) is 0 Å². The Bertz CT molecular complexity index is 369. The maximum absolute atomic E-state index is 10.7. The van der Waals surface area contributed by atoms with E-state index in [2.05, 4.69) is 5.16 Å². The van der Waals surface area contributed by atoms with Gasteiger partial charge in [0, 0.05) is 5.92 Å². The molecule has 0 bridgehead atoms. The lowest BCUT2D eigenvalue weighted by atomic mass is 9.87. The van der Waals surface area contributed by atoms with Crippen molar-refractivity contribution in [1.29, 1.82) is 0 Å². The number of hydrogen-bond donors (Lipinski definition) is 1. The Balaban J connectivity index is 2.24. The zero-order valence-corrected chi connectivity index (χ0v) is 8.96. The van der Waals surface area contributed by atoms with Crippen molar-refractivity contribution < 1.29 is 14.4 Å². The first-order chi connectivity index (χ1) is 7.20. The van der Waals surface area contributed by atoms with E-state index in [1.54, 1.807) is 0 Å². The van der Waals surface area contributed by atoms with E-state index in [0.717, 1.165) is 25.7 Å². The van der Waals surface area contributed by atoms with Gasteiger partial charge >= 0.3 is 5.97 Å². The second-order valence-corrected chi connectivity index (χ2v) is 4.23. The zero-order valence-electron chi connectivity index (χ0n) is 8.20. The zero-order chi connectivity index (χ0) is 10.8. The van der Waals surface area contributed by atoms with Gasteiger partial charge in [0.2, 0.25) is 0 Å². The Morgan fingerprint density at radius 2 is 2.07 bits per heavy atom. The molecular formula is C10H12ClNO3. The summed E-state index contributed by atoms with van der Waals surface area (Å²) in [5.41, 5.74) is 0.619. The van der Waals surface area contributed by atoms with Gasteiger partial charge in [-0.15, -0.1) is 0 Å². The summed E-state index contributed by atoms with van der Waals surface area (Å²) in [6.07, 6.45) is 5.57. The Morgan fingerprint density at radius 3 is 2.60 bits per heavy atom. The predicted octanol–water partition coefficient (Wildman–Crippen LogP) is 3.07. The fraction of sp³-hybridized carbons (Fsp3) is 0.600. The van der Waals surface area contributed by atoms with Crippen LogP contribution in [0.25, 0.3) is 0 Å². The predicted molar refractivity (Wildman–Crippen MR) is 54.3 cm³/mol. The number of hydrogen-bond acceptors (Lipinski definition) is 3. The molecule has 15 heavy (non-hydrogen) atoms. The molecule has 0 spiro atoms. The van der Waals surface area contributed by atoms with Crippen LogP contribution < -0.4 is 0 Å². The monoisotopic (exact) mass is 229 g/mol. The minimum Gasteiger partial charge on any atom is -0.475 e. The summed E-state index contributed by atoms with van der Waals surface area (Å²) < 4.78 is 4.73. The topological polar surface area (TPSA) is 63.3 Å². The first kappa shape index (κ1) is 10.5. The van der Waals surface area contributed by atoms with Crippen LogP contribution in [0.2, 0.25) is 5.02 Å². The molecule has 82 valence electrons. The number of carboxylic acid groups (broad SMARTS) is 1. The highest BCUT2D eigenvalue weighted by Gasteiger charge is 2.26. The van der Waals surface area contributed by atoms with Crippen molar-refractivity contribution >= 4 is 17.6 Å². The number of carbonyl (C=O) groups is 1. The van der Waals surface area contributed by atoms with Crippen LogP contribution in [0.3, 0.4) is 0 Å². The molecule has 1 fully saturated rings. The average molecular weight is 230 g/mol. The maximum Gasteiger partial charge on any atom is 0.376 e. The van der Waals surface area contributed by atoms with Gasteiger partial charge in [-0.05, 0) is 12.8 Å². The molecule has 2 rings (SSSR count). The molecule has 1 heterocycles. The van der Waals surface area contributed by atoms with Crippen LogP contribution in [0.15, 0.2) is 4.52 Å². The molecule has 0 amide bonds. The molecule has 1 aromatic heterocycles. The van der Waals surface area contributed by atoms with Crippen LogP contribution in [0.1, 0.15) is 54.3 Å². The minimum absolute atomic E-state index is 0.175. The first-order valence-electron chi connectivity index (χ1n) is 5.08. The highest BCUT2D eigenvalue weighted by atomic mass is 35.5. The molecule has 0 unspecified atom stereocenters. The number of aromatic nitrogens is 1. The fourth-order valence-corrected chi connectivity index (χ4v) is 2.36. The fourth-order valence-electron chi connectivity index (χ4n) is 2.05. The van der Waals surface area contributed by atoms with E-state index in [4.69, 9.17) is 21.2 Å². The van der Waals surface area contributed by atoms with Gasteiger partial charge in [0.15, 0.2) is 0 Å². The summed E-state index contributed by atoms with van der Waals surface area (Å²) in [5.74, 6) is -1.13. The Labute approximate surface area is 92.2 Å². The van der Waals surface area contributed by atoms with Crippen LogP contribution in [0, 0.1) is 0 Å². The Kier molecular flexibility index (Phi) is 2.95. The van der Waals surface area contributed by atoms with Crippen molar-refractivity contribution in [3.05, 3.63) is 16.5 Å². The van der Waals surface area contributed by atoms with Crippen molar-refractivity contribution in [1.82, 2.24) is 5.16 Å². The van der Waals surface area contributed by atoms with E-state index in [-0.39, 0.29) is 16.7 Å². The third-order valence-corrected chi connectivity index (χ3v) is 3.21. The Hall–Kier alpha value is -1.03. The smallest absolute Gasteiger partial charge is 0.376 e. The van der Waals surface area contributed by atoms with Crippen molar-refractivity contribution in [3.63, 3.8) is 0 Å². The van der Waals surface area contributed by atoms with Gasteiger partial charge in [0.05, 0.1) is 0 Å². The van der Waals surface area contributed by atoms with E-state index >= 15 is 0 Å². The third-order valence-electron chi connectivity index (χ3n) is 2.85. The van der Waals surface area contributed by atoms with E-state index in [1.807, 2.05) is 0 Å². The van der Waals surface area contributed by atoms with E-state index in [0.29, 0.717) is 5.69 Å². The number of nitrogens with zero attached hydrogens (tertiary/aromatic N) is 1. The highest BCUT2D eigenvalue weighted by Crippen LogP contribution is 2.36. The van der Waals surface area contributed by atoms with E-state index in [9.17, 15) is 4.79 Å². The minimum atomic E-state index is -1.16. The Morgan fingerprint density at radius 1 is 1.40 bits per heavy atom. The summed E-state index contributed by atoms with van der Waals surface area (Å²) in [6, 6.07) is 0. The SMILES string of the molecule is O=C(O)c1onc(C2CCCCC2)c1Cl. The van der Waals surface area contributed by atoms with Crippen molar-refractivity contribution in [2.45, 2.75) is 38.0 Å². The number of rotatable bonds is 2. The summed E-state index contributed by atoms with van der Waals surface area (Å²) >= 11 is 5.92. The van der Waals surface area contributed by atoms with E-state index in [1.165, 1.54) is 6.42 Å². The second-order valence-electron chi connectivity index (χ2n) is 3.85. The van der Waals surface area contributed by atoms with Crippen LogP contribution in [-0.2, 0) is 0 Å². The summed E-state index contributed by atoms with van der Waals surface area (Å²) in [5, 5.41) is 12.7. The molecule has 0 saturated heterocycles. The molecular weight excluding hydrogens is 218 g/mol. The highest BCUT2D eigenvalue weighted by molar-refractivity contribution is 6.33. The lowest BCUT2D eigenvalue weighted by molar-refractivity contribution is 0.0652. The van der Waals surface area contributed by atoms with Gasteiger partial charge in [-0.25, -0.2) is 4.79 Å². The number of aromatic carboxylic acids is 1. The van der Waals surface area contributed by atoms with Crippen molar-refractivity contribution in [3.8, 4) is 0 Å². The maximum atomic E-state index is 10.7.